The summed E-state index contributed by atoms with van der Waals surface area (Å²) in [5, 5.41) is 12.1. The lowest BCUT2D eigenvalue weighted by Gasteiger charge is -2.21. The minimum absolute atomic E-state index is 0.0193. The predicted molar refractivity (Wildman–Crippen MR) is 132 cm³/mol. The van der Waals surface area contributed by atoms with Crippen molar-refractivity contribution in [3.63, 3.8) is 0 Å². The second-order valence-electron chi connectivity index (χ2n) is 8.34. The molecule has 2 aromatic heterocycles. The number of aromatic nitrogens is 4. The van der Waals surface area contributed by atoms with Crippen molar-refractivity contribution in [2.75, 3.05) is 17.6 Å². The van der Waals surface area contributed by atoms with E-state index in [0.29, 0.717) is 24.9 Å². The van der Waals surface area contributed by atoms with Crippen molar-refractivity contribution in [2.24, 2.45) is 0 Å². The van der Waals surface area contributed by atoms with E-state index < -0.39 is 10.0 Å². The average Bonchev–Trinajstić information content (AvgIpc) is 3.31. The van der Waals surface area contributed by atoms with Crippen LogP contribution >= 0.6 is 0 Å². The van der Waals surface area contributed by atoms with Gasteiger partial charge in [0.25, 0.3) is 5.95 Å². The normalized spacial score (nSPS) is 13.7. The number of anilines is 1. The monoisotopic (exact) mass is 495 g/mol. The van der Waals surface area contributed by atoms with Crippen LogP contribution in [0.3, 0.4) is 0 Å². The number of rotatable bonds is 8. The van der Waals surface area contributed by atoms with Crippen LogP contribution in [0.25, 0.3) is 16.9 Å². The predicted octanol–water partition coefficient (Wildman–Crippen LogP) is 2.65. The second-order valence-corrected chi connectivity index (χ2v) is 10.4. The van der Waals surface area contributed by atoms with E-state index in [4.69, 9.17) is 9.97 Å². The summed E-state index contributed by atoms with van der Waals surface area (Å²) in [5.41, 5.74) is 4.33. The fourth-order valence-electron chi connectivity index (χ4n) is 4.12. The number of hydrogen-bond acceptors (Lipinski definition) is 7. The topological polar surface area (TPSA) is 114 Å². The Labute approximate surface area is 202 Å². The smallest absolute Gasteiger partial charge is 0.253 e. The number of nitrogens with zero attached hydrogens (tertiary/aromatic N) is 4. The Bertz CT molecular complexity index is 1490. The fourth-order valence-corrected chi connectivity index (χ4v) is 4.70. The van der Waals surface area contributed by atoms with Gasteiger partial charge in [0.1, 0.15) is 11.6 Å². The molecule has 11 heteroatoms. The van der Waals surface area contributed by atoms with Crippen molar-refractivity contribution in [1.29, 1.82) is 0 Å². The first-order chi connectivity index (χ1) is 16.9. The maximum atomic E-state index is 13.6. The Morgan fingerprint density at radius 3 is 2.83 bits per heavy atom. The molecule has 1 aliphatic heterocycles. The Kier molecular flexibility index (Phi) is 6.46. The van der Waals surface area contributed by atoms with E-state index in [2.05, 4.69) is 20.5 Å². The zero-order chi connectivity index (χ0) is 24.4. The van der Waals surface area contributed by atoms with Crippen LogP contribution in [-0.2, 0) is 36.1 Å². The van der Waals surface area contributed by atoms with Crippen LogP contribution in [0.2, 0.25) is 0 Å². The minimum Gasteiger partial charge on any atom is -0.366 e. The molecule has 5 rings (SSSR count). The quantitative estimate of drug-likeness (QED) is 0.344. The summed E-state index contributed by atoms with van der Waals surface area (Å²) in [6.07, 6.45) is 2.46. The van der Waals surface area contributed by atoms with Gasteiger partial charge in [0.15, 0.2) is 0 Å². The van der Waals surface area contributed by atoms with Crippen molar-refractivity contribution in [2.45, 2.75) is 33.0 Å². The van der Waals surface area contributed by atoms with Gasteiger partial charge in [-0.15, -0.1) is 0 Å². The van der Waals surface area contributed by atoms with Gasteiger partial charge in [0, 0.05) is 43.5 Å². The summed E-state index contributed by atoms with van der Waals surface area (Å²) >= 11 is 0. The lowest BCUT2D eigenvalue weighted by molar-refractivity contribution is 0.583. The summed E-state index contributed by atoms with van der Waals surface area (Å²) in [6.45, 7) is 3.65. The van der Waals surface area contributed by atoms with Gasteiger partial charge in [-0.05, 0) is 36.2 Å². The fraction of sp³-hybridized carbons (Fsp3) is 0.292. The molecule has 0 amide bonds. The third kappa shape index (κ3) is 5.02. The highest BCUT2D eigenvalue weighted by atomic mass is 32.2. The molecular formula is C24H26FN7O2S. The summed E-state index contributed by atoms with van der Waals surface area (Å²) in [5.74, 6) is 0.841. The molecule has 0 spiro atoms. The molecule has 2 aromatic carbocycles. The molecule has 0 saturated heterocycles. The Balaban J connectivity index is 1.50. The van der Waals surface area contributed by atoms with E-state index in [-0.39, 0.29) is 18.1 Å². The van der Waals surface area contributed by atoms with E-state index in [1.807, 2.05) is 24.3 Å². The van der Waals surface area contributed by atoms with Crippen LogP contribution in [0.1, 0.15) is 29.3 Å². The van der Waals surface area contributed by atoms with E-state index in [1.54, 1.807) is 23.9 Å². The van der Waals surface area contributed by atoms with E-state index in [1.165, 1.54) is 12.1 Å². The third-order valence-corrected chi connectivity index (χ3v) is 7.37. The molecule has 0 bridgehead atoms. The van der Waals surface area contributed by atoms with Gasteiger partial charge < -0.3 is 10.6 Å². The highest BCUT2D eigenvalue weighted by Crippen LogP contribution is 2.25. The van der Waals surface area contributed by atoms with Gasteiger partial charge in [0.2, 0.25) is 10.0 Å². The molecule has 0 radical (unpaired) electrons. The van der Waals surface area contributed by atoms with E-state index in [9.17, 15) is 12.8 Å². The maximum Gasteiger partial charge on any atom is 0.253 e. The number of hydrogen-bond donors (Lipinski definition) is 3. The van der Waals surface area contributed by atoms with Gasteiger partial charge in [0.05, 0.1) is 23.2 Å². The standard InChI is InChI=1S/C24H26FN7O2S/c1-2-35(33,34)29-13-17-6-4-8-22-19(17)15-28-32(22)24-30-21-9-10-26-14-20(21)23(31-24)27-12-16-5-3-7-18(25)11-16/h3-8,11,15,26,29H,2,9-10,12-14H2,1H3,(H,27,30,31). The first-order valence-electron chi connectivity index (χ1n) is 11.5. The third-order valence-electron chi connectivity index (χ3n) is 6.03. The van der Waals surface area contributed by atoms with Crippen LogP contribution in [-0.4, -0.2) is 40.5 Å². The molecule has 9 nitrogen and oxygen atoms in total. The highest BCUT2D eigenvalue weighted by molar-refractivity contribution is 7.89. The van der Waals surface area contributed by atoms with Crippen LogP contribution in [0.15, 0.2) is 48.7 Å². The molecule has 35 heavy (non-hydrogen) atoms. The van der Waals surface area contributed by atoms with Crippen molar-refractivity contribution in [3.05, 3.63) is 76.9 Å². The molecule has 4 aromatic rings. The molecule has 0 aliphatic carbocycles. The van der Waals surface area contributed by atoms with Crippen LogP contribution in [0, 0.1) is 5.82 Å². The number of fused-ring (bicyclic) bond motifs is 2. The summed E-state index contributed by atoms with van der Waals surface area (Å²) in [4.78, 5) is 9.58. The van der Waals surface area contributed by atoms with Crippen LogP contribution in [0.4, 0.5) is 10.2 Å². The zero-order valence-electron chi connectivity index (χ0n) is 19.3. The van der Waals surface area contributed by atoms with E-state index >= 15 is 0 Å². The van der Waals surface area contributed by atoms with Gasteiger partial charge in [-0.25, -0.2) is 22.5 Å². The average molecular weight is 496 g/mol. The molecule has 3 heterocycles. The van der Waals surface area contributed by atoms with Gasteiger partial charge in [-0.3, -0.25) is 0 Å². The lowest BCUT2D eigenvalue weighted by Crippen LogP contribution is -2.27. The van der Waals surface area contributed by atoms with Gasteiger partial charge >= 0.3 is 0 Å². The van der Waals surface area contributed by atoms with Crippen molar-refractivity contribution >= 4 is 26.7 Å². The first kappa shape index (κ1) is 23.3. The van der Waals surface area contributed by atoms with Gasteiger partial charge in [-0.2, -0.15) is 14.8 Å². The molecule has 0 atom stereocenters. The highest BCUT2D eigenvalue weighted by Gasteiger charge is 2.20. The Morgan fingerprint density at radius 2 is 2.00 bits per heavy atom. The molecule has 182 valence electrons. The molecule has 1 aliphatic rings. The van der Waals surface area contributed by atoms with Crippen molar-refractivity contribution in [3.8, 4) is 5.95 Å². The van der Waals surface area contributed by atoms with E-state index in [0.717, 1.165) is 46.3 Å². The summed E-state index contributed by atoms with van der Waals surface area (Å²) in [6, 6.07) is 12.1. The molecular weight excluding hydrogens is 469 g/mol. The molecule has 0 unspecified atom stereocenters. The minimum atomic E-state index is -3.32. The first-order valence-corrected chi connectivity index (χ1v) is 13.1. The van der Waals surface area contributed by atoms with Gasteiger partial charge in [-0.1, -0.05) is 24.3 Å². The Hall–Kier alpha value is -3.41. The SMILES string of the molecule is CCS(=O)(=O)NCc1cccc2c1cnn2-c1nc2c(c(NCc3cccc(F)c3)n1)CNCC2. The zero-order valence-corrected chi connectivity index (χ0v) is 20.1. The summed E-state index contributed by atoms with van der Waals surface area (Å²) < 4.78 is 41.7. The van der Waals surface area contributed by atoms with Crippen LogP contribution in [0.5, 0.6) is 0 Å². The number of nitrogens with one attached hydrogen (secondary N) is 3. The molecule has 0 fully saturated rings. The molecule has 0 saturated carbocycles. The van der Waals surface area contributed by atoms with Crippen molar-refractivity contribution in [1.82, 2.24) is 29.8 Å². The number of sulfonamides is 1. The largest absolute Gasteiger partial charge is 0.366 e. The second kappa shape index (κ2) is 9.68. The number of benzene rings is 2. The lowest BCUT2D eigenvalue weighted by atomic mass is 10.1. The Morgan fingerprint density at radius 1 is 1.14 bits per heavy atom. The number of halogens is 1. The maximum absolute atomic E-state index is 13.6. The molecule has 3 N–H and O–H groups in total. The van der Waals surface area contributed by atoms with Crippen molar-refractivity contribution < 1.29 is 12.8 Å². The van der Waals surface area contributed by atoms with Crippen LogP contribution < -0.4 is 15.4 Å². The summed E-state index contributed by atoms with van der Waals surface area (Å²) in [7, 11) is -3.32.